The molecule has 0 fully saturated rings. The summed E-state index contributed by atoms with van der Waals surface area (Å²) in [7, 11) is 0. The van der Waals surface area contributed by atoms with Crippen LogP contribution in [0, 0.1) is 0 Å². The Hall–Kier alpha value is -2.22. The normalized spacial score (nSPS) is 10.8. The van der Waals surface area contributed by atoms with E-state index in [1.54, 1.807) is 4.68 Å². The largest absolute Gasteiger partial charge is 0.331 e. The van der Waals surface area contributed by atoms with Gasteiger partial charge in [0, 0.05) is 31.9 Å². The summed E-state index contributed by atoms with van der Waals surface area (Å²) < 4.78 is 4.24. The van der Waals surface area contributed by atoms with E-state index in [0.717, 1.165) is 4.57 Å². The van der Waals surface area contributed by atoms with Crippen LogP contribution in [-0.4, -0.2) is 30.4 Å². The molecule has 2 rings (SSSR count). The van der Waals surface area contributed by atoms with Gasteiger partial charge in [-0.2, -0.15) is 5.10 Å². The third kappa shape index (κ3) is 2.63. The molecule has 0 unspecified atom stereocenters. The first-order valence-corrected chi connectivity index (χ1v) is 6.04. The van der Waals surface area contributed by atoms with Gasteiger partial charge in [0.05, 0.1) is 6.54 Å². The van der Waals surface area contributed by atoms with Gasteiger partial charge in [-0.3, -0.25) is 13.9 Å². The Kier molecular flexibility index (Phi) is 3.91. The van der Waals surface area contributed by atoms with Gasteiger partial charge in [-0.1, -0.05) is 0 Å². The van der Waals surface area contributed by atoms with Gasteiger partial charge in [-0.05, 0) is 6.92 Å². The fraction of sp³-hybridized carbons (Fsp3) is 0.455. The van der Waals surface area contributed by atoms with Crippen LogP contribution >= 0.6 is 0 Å². The lowest BCUT2D eigenvalue weighted by atomic mass is 10.5. The molecule has 0 aliphatic carbocycles. The Bertz CT molecular complexity index is 668. The highest BCUT2D eigenvalue weighted by Gasteiger charge is 2.08. The molecule has 0 aromatic carbocycles. The van der Waals surface area contributed by atoms with Gasteiger partial charge in [-0.15, -0.1) is 0 Å². The van der Waals surface area contributed by atoms with Crippen LogP contribution in [-0.2, 0) is 19.6 Å². The van der Waals surface area contributed by atoms with Gasteiger partial charge in [0.15, 0.2) is 0 Å². The summed E-state index contributed by atoms with van der Waals surface area (Å²) in [6.45, 7) is 3.34. The number of rotatable bonds is 5. The molecule has 0 amide bonds. The molecule has 0 saturated heterocycles. The molecule has 0 saturated carbocycles. The van der Waals surface area contributed by atoms with E-state index < -0.39 is 0 Å². The molecular weight excluding hydrogens is 248 g/mol. The highest BCUT2D eigenvalue weighted by Crippen LogP contribution is 1.95. The smallest absolute Gasteiger partial charge is 0.329 e. The van der Waals surface area contributed by atoms with Gasteiger partial charge in [0.25, 0.3) is 5.56 Å². The molecule has 0 radical (unpaired) electrons. The van der Waals surface area contributed by atoms with Gasteiger partial charge in [0.2, 0.25) is 0 Å². The maximum Gasteiger partial charge on any atom is 0.331 e. The number of hydrogen-bond donors (Lipinski definition) is 1. The second-order valence-corrected chi connectivity index (χ2v) is 4.00. The van der Waals surface area contributed by atoms with Crippen molar-refractivity contribution >= 4 is 0 Å². The highest BCUT2D eigenvalue weighted by atomic mass is 16.2. The Morgan fingerprint density at radius 1 is 1.37 bits per heavy atom. The summed E-state index contributed by atoms with van der Waals surface area (Å²) in [5, 5.41) is 4.04. The minimum Gasteiger partial charge on any atom is -0.329 e. The molecule has 0 atom stereocenters. The Morgan fingerprint density at radius 3 is 2.84 bits per heavy atom. The van der Waals surface area contributed by atoms with Crippen molar-refractivity contribution in [3.8, 4) is 0 Å². The second kappa shape index (κ2) is 5.61. The third-order valence-corrected chi connectivity index (χ3v) is 2.80. The first kappa shape index (κ1) is 13.2. The van der Waals surface area contributed by atoms with Crippen LogP contribution < -0.4 is 17.0 Å². The summed E-state index contributed by atoms with van der Waals surface area (Å²) in [4.78, 5) is 27.8. The lowest BCUT2D eigenvalue weighted by Crippen LogP contribution is -2.40. The van der Waals surface area contributed by atoms with Gasteiger partial charge in [0.1, 0.15) is 12.2 Å². The molecule has 2 aromatic rings. The molecule has 0 spiro atoms. The Labute approximate surface area is 109 Å². The van der Waals surface area contributed by atoms with Crippen LogP contribution in [0.3, 0.4) is 0 Å². The number of aromatic nitrogens is 5. The Morgan fingerprint density at radius 2 is 2.16 bits per heavy atom. The summed E-state index contributed by atoms with van der Waals surface area (Å²) in [6.07, 6.45) is 2.91. The zero-order chi connectivity index (χ0) is 13.8. The number of nitrogens with two attached hydrogens (primary N) is 1. The van der Waals surface area contributed by atoms with Crippen LogP contribution in [0.4, 0.5) is 0 Å². The molecule has 102 valence electrons. The predicted octanol–water partition coefficient (Wildman–Crippen LogP) is -1.37. The van der Waals surface area contributed by atoms with Crippen molar-refractivity contribution in [3.63, 3.8) is 0 Å². The molecule has 0 bridgehead atoms. The number of hydrogen-bond acceptors (Lipinski definition) is 5. The maximum absolute atomic E-state index is 12.1. The van der Waals surface area contributed by atoms with E-state index in [2.05, 4.69) is 10.1 Å². The minimum absolute atomic E-state index is 0.207. The second-order valence-electron chi connectivity index (χ2n) is 4.00. The first-order chi connectivity index (χ1) is 9.17. The predicted molar refractivity (Wildman–Crippen MR) is 68.8 cm³/mol. The average molecular weight is 264 g/mol. The number of aryl methyl sites for hydroxylation is 1. The molecule has 0 aliphatic heterocycles. The summed E-state index contributed by atoms with van der Waals surface area (Å²) in [5.74, 6) is 0.669. The average Bonchev–Trinajstić information content (AvgIpc) is 2.85. The summed E-state index contributed by atoms with van der Waals surface area (Å²) >= 11 is 0. The fourth-order valence-electron chi connectivity index (χ4n) is 1.84. The highest BCUT2D eigenvalue weighted by molar-refractivity contribution is 4.92. The van der Waals surface area contributed by atoms with Crippen LogP contribution in [0.2, 0.25) is 0 Å². The zero-order valence-corrected chi connectivity index (χ0v) is 10.7. The molecule has 2 heterocycles. The third-order valence-electron chi connectivity index (χ3n) is 2.80. The van der Waals surface area contributed by atoms with Gasteiger partial charge >= 0.3 is 5.69 Å². The summed E-state index contributed by atoms with van der Waals surface area (Å²) in [5.41, 5.74) is 4.67. The molecule has 0 aliphatic rings. The lowest BCUT2D eigenvalue weighted by Gasteiger charge is -2.09. The van der Waals surface area contributed by atoms with E-state index in [4.69, 9.17) is 5.73 Å². The van der Waals surface area contributed by atoms with Crippen LogP contribution in [0.15, 0.2) is 28.2 Å². The Balaban J connectivity index is 2.39. The molecule has 19 heavy (non-hydrogen) atoms. The SMILES string of the molecule is CCn1ncnc1Cn1ccc(=O)n(CCN)c1=O. The van der Waals surface area contributed by atoms with E-state index in [9.17, 15) is 9.59 Å². The van der Waals surface area contributed by atoms with Crippen LogP contribution in [0.5, 0.6) is 0 Å². The summed E-state index contributed by atoms with van der Waals surface area (Å²) in [6, 6.07) is 1.35. The van der Waals surface area contributed by atoms with E-state index in [1.165, 1.54) is 23.2 Å². The van der Waals surface area contributed by atoms with Gasteiger partial charge in [-0.25, -0.2) is 14.5 Å². The number of nitrogens with zero attached hydrogens (tertiary/aromatic N) is 5. The first-order valence-electron chi connectivity index (χ1n) is 6.04. The molecule has 8 heteroatoms. The van der Waals surface area contributed by atoms with Crippen LogP contribution in [0.25, 0.3) is 0 Å². The van der Waals surface area contributed by atoms with Crippen molar-refractivity contribution < 1.29 is 0 Å². The molecule has 2 aromatic heterocycles. The quantitative estimate of drug-likeness (QED) is 0.718. The molecule has 8 nitrogen and oxygen atoms in total. The zero-order valence-electron chi connectivity index (χ0n) is 10.7. The van der Waals surface area contributed by atoms with Crippen LogP contribution in [0.1, 0.15) is 12.7 Å². The fourth-order valence-corrected chi connectivity index (χ4v) is 1.84. The van der Waals surface area contributed by atoms with Gasteiger partial charge < -0.3 is 5.73 Å². The van der Waals surface area contributed by atoms with E-state index in [1.807, 2.05) is 6.92 Å². The van der Waals surface area contributed by atoms with Crippen molar-refractivity contribution in [2.75, 3.05) is 6.54 Å². The standard InChI is InChI=1S/C11H16N6O2/c1-2-17-9(13-8-14-17)7-15-5-3-10(18)16(6-4-12)11(15)19/h3,5,8H,2,4,6-7,12H2,1H3. The maximum atomic E-state index is 12.1. The van der Waals surface area contributed by atoms with E-state index in [0.29, 0.717) is 12.4 Å². The molecule has 2 N–H and O–H groups in total. The molecular formula is C11H16N6O2. The van der Waals surface area contributed by atoms with E-state index in [-0.39, 0.29) is 30.9 Å². The van der Waals surface area contributed by atoms with Crippen molar-refractivity contribution in [2.24, 2.45) is 5.73 Å². The minimum atomic E-state index is -0.386. The topological polar surface area (TPSA) is 101 Å². The van der Waals surface area contributed by atoms with Crippen molar-refractivity contribution in [3.05, 3.63) is 45.3 Å². The lowest BCUT2D eigenvalue weighted by molar-refractivity contribution is 0.543. The van der Waals surface area contributed by atoms with Crippen molar-refractivity contribution in [1.82, 2.24) is 23.9 Å². The van der Waals surface area contributed by atoms with Crippen molar-refractivity contribution in [1.29, 1.82) is 0 Å². The monoisotopic (exact) mass is 264 g/mol. The van der Waals surface area contributed by atoms with Crippen molar-refractivity contribution in [2.45, 2.75) is 26.6 Å². The van der Waals surface area contributed by atoms with E-state index >= 15 is 0 Å².